The Kier molecular flexibility index (Phi) is 5.44. The van der Waals surface area contributed by atoms with Gasteiger partial charge in [-0.15, -0.1) is 22.7 Å². The molecule has 1 aromatic carbocycles. The third-order valence-electron chi connectivity index (χ3n) is 4.10. The second kappa shape index (κ2) is 7.85. The number of ether oxygens (including phenoxy) is 4. The first-order chi connectivity index (χ1) is 13.2. The Balaban J connectivity index is 1.73. The van der Waals surface area contributed by atoms with Crippen molar-refractivity contribution in [1.82, 2.24) is 0 Å². The third kappa shape index (κ3) is 3.35. The fraction of sp³-hybridized carbons (Fsp3) is 0.222. The Hall–Kier alpha value is -0.290. The summed E-state index contributed by atoms with van der Waals surface area (Å²) in [6.07, 6.45) is 0. The van der Waals surface area contributed by atoms with E-state index in [1.165, 1.54) is 14.5 Å². The summed E-state index contributed by atoms with van der Waals surface area (Å²) in [7, 11) is -0.816. The van der Waals surface area contributed by atoms with Crippen LogP contribution in [0.15, 0.2) is 30.3 Å². The molecule has 0 unspecified atom stereocenters. The lowest BCUT2D eigenvalue weighted by Crippen LogP contribution is -2.24. The van der Waals surface area contributed by atoms with E-state index in [1.54, 1.807) is 22.7 Å². The molecular formula is C18H13I2O4PS2. The molecule has 140 valence electrons. The van der Waals surface area contributed by atoms with Gasteiger partial charge in [-0.05, 0) is 50.5 Å². The van der Waals surface area contributed by atoms with Gasteiger partial charge < -0.3 is 18.9 Å². The van der Waals surface area contributed by atoms with Gasteiger partial charge in [-0.3, -0.25) is 0 Å². The maximum absolute atomic E-state index is 6.08. The minimum atomic E-state index is -0.816. The Labute approximate surface area is 193 Å². The molecule has 4 nitrogen and oxygen atoms in total. The van der Waals surface area contributed by atoms with Crippen LogP contribution in [0.4, 0.5) is 0 Å². The number of thiophene rings is 2. The molecule has 0 atom stereocenters. The van der Waals surface area contributed by atoms with Gasteiger partial charge in [0.1, 0.15) is 32.2 Å². The molecule has 4 heterocycles. The Bertz CT molecular complexity index is 929. The van der Waals surface area contributed by atoms with E-state index in [2.05, 4.69) is 75.5 Å². The van der Waals surface area contributed by atoms with Gasteiger partial charge in [-0.1, -0.05) is 30.3 Å². The molecule has 0 amide bonds. The molecule has 27 heavy (non-hydrogen) atoms. The number of rotatable bonds is 3. The van der Waals surface area contributed by atoms with Crippen molar-refractivity contribution >= 4 is 90.3 Å². The van der Waals surface area contributed by atoms with E-state index >= 15 is 0 Å². The Morgan fingerprint density at radius 3 is 1.59 bits per heavy atom. The van der Waals surface area contributed by atoms with Crippen LogP contribution in [-0.4, -0.2) is 26.4 Å². The van der Waals surface area contributed by atoms with E-state index in [9.17, 15) is 0 Å². The van der Waals surface area contributed by atoms with Gasteiger partial charge in [-0.25, -0.2) is 0 Å². The molecular weight excluding hydrogens is 629 g/mol. The van der Waals surface area contributed by atoms with Crippen LogP contribution in [0.2, 0.25) is 0 Å². The summed E-state index contributed by atoms with van der Waals surface area (Å²) < 4.78 is 28.7. The van der Waals surface area contributed by atoms with Crippen molar-refractivity contribution in [2.24, 2.45) is 0 Å². The molecule has 0 bridgehead atoms. The molecule has 0 radical (unpaired) electrons. The molecule has 3 aromatic rings. The zero-order valence-electron chi connectivity index (χ0n) is 13.9. The predicted octanol–water partition coefficient (Wildman–Crippen LogP) is 4.32. The van der Waals surface area contributed by atoms with Crippen LogP contribution < -0.4 is 33.5 Å². The molecule has 0 saturated heterocycles. The van der Waals surface area contributed by atoms with Gasteiger partial charge in [0.25, 0.3) is 0 Å². The van der Waals surface area contributed by atoms with Crippen molar-refractivity contribution in [3.8, 4) is 23.0 Å². The number of hydrogen-bond donors (Lipinski definition) is 0. The first kappa shape index (κ1) is 18.7. The fourth-order valence-electron chi connectivity index (χ4n) is 3.00. The van der Waals surface area contributed by atoms with E-state index in [0.29, 0.717) is 26.4 Å². The van der Waals surface area contributed by atoms with Crippen LogP contribution in [0.5, 0.6) is 23.0 Å². The predicted molar refractivity (Wildman–Crippen MR) is 128 cm³/mol. The molecule has 0 spiro atoms. The maximum atomic E-state index is 6.08. The van der Waals surface area contributed by atoms with E-state index in [1.807, 2.05) is 0 Å². The topological polar surface area (TPSA) is 36.9 Å². The Morgan fingerprint density at radius 2 is 1.11 bits per heavy atom. The molecule has 0 fully saturated rings. The van der Waals surface area contributed by atoms with Crippen molar-refractivity contribution in [1.29, 1.82) is 0 Å². The molecule has 0 aliphatic carbocycles. The molecule has 2 aliphatic heterocycles. The lowest BCUT2D eigenvalue weighted by Gasteiger charge is -2.23. The first-order valence-electron chi connectivity index (χ1n) is 8.25. The summed E-state index contributed by atoms with van der Waals surface area (Å²) in [5, 5.41) is 1.27. The van der Waals surface area contributed by atoms with Crippen molar-refractivity contribution in [3.63, 3.8) is 0 Å². The maximum Gasteiger partial charge on any atom is 0.186 e. The standard InChI is InChI=1S/C18H13I2O4PS2/c19-15-11-13(23-8-6-21-11)17(26-15)25(10-4-2-1-3-5-10)18-14-12(16(20)27-18)22-7-9-24-14/h1-5H,6-9H2. The largest absolute Gasteiger partial charge is 0.485 e. The van der Waals surface area contributed by atoms with Crippen LogP contribution in [0.1, 0.15) is 0 Å². The monoisotopic (exact) mass is 642 g/mol. The summed E-state index contributed by atoms with van der Waals surface area (Å²) in [6.45, 7) is 2.38. The minimum Gasteiger partial charge on any atom is -0.485 e. The lowest BCUT2D eigenvalue weighted by molar-refractivity contribution is 0.173. The van der Waals surface area contributed by atoms with Crippen LogP contribution in [0.3, 0.4) is 0 Å². The minimum absolute atomic E-state index is 0.588. The van der Waals surface area contributed by atoms with Crippen LogP contribution in [0, 0.1) is 5.77 Å². The summed E-state index contributed by atoms with van der Waals surface area (Å²) in [4.78, 5) is 0. The zero-order valence-corrected chi connectivity index (χ0v) is 20.7. The average Bonchev–Trinajstić information content (AvgIpc) is 3.22. The molecule has 5 rings (SSSR count). The number of benzene rings is 1. The highest BCUT2D eigenvalue weighted by Gasteiger charge is 2.35. The molecule has 0 N–H and O–H groups in total. The highest BCUT2D eigenvalue weighted by molar-refractivity contribution is 14.1. The third-order valence-corrected chi connectivity index (χ3v) is 11.6. The van der Waals surface area contributed by atoms with E-state index in [-0.39, 0.29) is 0 Å². The van der Waals surface area contributed by atoms with Gasteiger partial charge in [0, 0.05) is 7.92 Å². The fourth-order valence-corrected chi connectivity index (χ4v) is 12.0. The summed E-state index contributed by atoms with van der Waals surface area (Å²) >= 11 is 8.23. The summed E-state index contributed by atoms with van der Waals surface area (Å²) in [5.41, 5.74) is 0. The van der Waals surface area contributed by atoms with Crippen LogP contribution >= 0.6 is 75.8 Å². The van der Waals surface area contributed by atoms with Crippen molar-refractivity contribution < 1.29 is 18.9 Å². The number of hydrogen-bond acceptors (Lipinski definition) is 6. The first-order valence-corrected chi connectivity index (χ1v) is 13.4. The summed E-state index contributed by atoms with van der Waals surface area (Å²) in [5.74, 6) is 3.59. The molecule has 2 aromatic heterocycles. The Morgan fingerprint density at radius 1 is 0.667 bits per heavy atom. The number of fused-ring (bicyclic) bond motifs is 2. The lowest BCUT2D eigenvalue weighted by atomic mass is 10.4. The zero-order chi connectivity index (χ0) is 18.4. The van der Waals surface area contributed by atoms with Crippen molar-refractivity contribution in [2.45, 2.75) is 0 Å². The van der Waals surface area contributed by atoms with Gasteiger partial charge >= 0.3 is 0 Å². The normalized spacial score (nSPS) is 15.2. The van der Waals surface area contributed by atoms with E-state index < -0.39 is 7.92 Å². The second-order valence-electron chi connectivity index (χ2n) is 5.74. The van der Waals surface area contributed by atoms with Crippen molar-refractivity contribution in [2.75, 3.05) is 26.4 Å². The van der Waals surface area contributed by atoms with Crippen LogP contribution in [-0.2, 0) is 0 Å². The smallest absolute Gasteiger partial charge is 0.186 e. The molecule has 9 heteroatoms. The SMILES string of the molecule is Ic1sc(P(c2ccccc2)c2sc(I)c3c2OCCO3)c2c1OCCO2. The average molecular weight is 642 g/mol. The van der Waals surface area contributed by atoms with E-state index in [4.69, 9.17) is 18.9 Å². The van der Waals surface area contributed by atoms with Crippen molar-refractivity contribution in [3.05, 3.63) is 36.1 Å². The van der Waals surface area contributed by atoms with Gasteiger partial charge in [0.2, 0.25) is 0 Å². The van der Waals surface area contributed by atoms with E-state index in [0.717, 1.165) is 28.8 Å². The van der Waals surface area contributed by atoms with Gasteiger partial charge in [-0.2, -0.15) is 0 Å². The molecule has 0 saturated carbocycles. The summed E-state index contributed by atoms with van der Waals surface area (Å²) in [6, 6.07) is 10.6. The van der Waals surface area contributed by atoms with Gasteiger partial charge in [0.05, 0.1) is 9.24 Å². The number of halogens is 2. The van der Waals surface area contributed by atoms with Crippen LogP contribution in [0.25, 0.3) is 0 Å². The molecule has 2 aliphatic rings. The highest BCUT2D eigenvalue weighted by Crippen LogP contribution is 2.53. The van der Waals surface area contributed by atoms with Gasteiger partial charge in [0.15, 0.2) is 23.0 Å². The quantitative estimate of drug-likeness (QED) is 0.316. The highest BCUT2D eigenvalue weighted by atomic mass is 127. The second-order valence-corrected chi connectivity index (χ2v) is 14.1.